The minimum absolute atomic E-state index is 0. The van der Waals surface area contributed by atoms with E-state index in [9.17, 15) is 0 Å². The predicted octanol–water partition coefficient (Wildman–Crippen LogP) is 7.03. The second kappa shape index (κ2) is 9.70. The summed E-state index contributed by atoms with van der Waals surface area (Å²) in [6.07, 6.45) is 18.4. The Balaban J connectivity index is 0.000000329. The van der Waals surface area contributed by atoms with Crippen molar-refractivity contribution in [2.45, 2.75) is 0 Å². The molecule has 2 radical (unpaired) electrons. The summed E-state index contributed by atoms with van der Waals surface area (Å²) in [6, 6.07) is 18.2. The molecule has 1 aromatic heterocycles. The van der Waals surface area contributed by atoms with Gasteiger partial charge in [-0.3, -0.25) is 0 Å². The van der Waals surface area contributed by atoms with Crippen molar-refractivity contribution in [3.05, 3.63) is 121 Å². The van der Waals surface area contributed by atoms with Crippen LogP contribution in [-0.2, 0) is 17.1 Å². The molecule has 0 atom stereocenters. The topological polar surface area (TPSA) is 12.9 Å². The molecule has 3 aromatic rings. The molecule has 0 amide bonds. The monoisotopic (exact) mass is 423 g/mol. The van der Waals surface area contributed by atoms with E-state index in [0.717, 1.165) is 21.8 Å². The van der Waals surface area contributed by atoms with E-state index in [4.69, 9.17) is 16.6 Å². The average molecular weight is 424 g/mol. The van der Waals surface area contributed by atoms with Gasteiger partial charge in [-0.1, -0.05) is 84.5 Å². The molecule has 1 nitrogen and oxygen atoms in total. The van der Waals surface area contributed by atoms with Crippen molar-refractivity contribution in [1.29, 1.82) is 0 Å². The Hall–Kier alpha value is -2.38. The van der Waals surface area contributed by atoms with Gasteiger partial charge in [0.05, 0.1) is 11.2 Å². The Labute approximate surface area is 181 Å². The second-order valence-corrected chi connectivity index (χ2v) is 6.65. The molecule has 0 N–H and O–H groups in total. The maximum atomic E-state index is 5.99. The quantitative estimate of drug-likeness (QED) is 0.403. The molecule has 28 heavy (non-hydrogen) atoms. The van der Waals surface area contributed by atoms with Crippen LogP contribution in [0.25, 0.3) is 27.7 Å². The number of nitrogens with zero attached hydrogens (tertiary/aromatic N) is 1. The predicted molar refractivity (Wildman–Crippen MR) is 116 cm³/mol. The third-order valence-electron chi connectivity index (χ3n) is 4.39. The first-order chi connectivity index (χ1) is 13.3. The molecule has 5 rings (SSSR count). The maximum Gasteiger partial charge on any atom is 0.0715 e. The Morgan fingerprint density at radius 2 is 1.50 bits per heavy atom. The van der Waals surface area contributed by atoms with E-state index in [1.807, 2.05) is 61.1 Å². The number of para-hydroxylation sites is 1. The van der Waals surface area contributed by atoms with Gasteiger partial charge in [0.25, 0.3) is 0 Å². The van der Waals surface area contributed by atoms with Gasteiger partial charge in [-0.15, -0.1) is 0 Å². The molecule has 2 aliphatic rings. The molecular weight excluding hydrogens is 406 g/mol. The van der Waals surface area contributed by atoms with Gasteiger partial charge in [-0.05, 0) is 35.4 Å². The SMILES string of the molecule is Clc1ccc(-c2cc(C3=C[CH]C=C3)c3ccccc3n2)cc1.[CH]1C=CC=C1.[Fe]. The van der Waals surface area contributed by atoms with Crippen LogP contribution in [0.5, 0.6) is 0 Å². The molecule has 0 fully saturated rings. The van der Waals surface area contributed by atoms with Gasteiger partial charge in [0.2, 0.25) is 0 Å². The Bertz CT molecular complexity index is 1070. The number of rotatable bonds is 2. The molecule has 2 aromatic carbocycles. The number of fused-ring (bicyclic) bond motifs is 1. The molecule has 0 bridgehead atoms. The van der Waals surface area contributed by atoms with Crippen molar-refractivity contribution in [2.75, 3.05) is 0 Å². The van der Waals surface area contributed by atoms with E-state index < -0.39 is 0 Å². The molecule has 0 aliphatic heterocycles. The summed E-state index contributed by atoms with van der Waals surface area (Å²) in [6.45, 7) is 0. The molecule has 0 saturated heterocycles. The third kappa shape index (κ3) is 4.72. The summed E-state index contributed by atoms with van der Waals surface area (Å²) in [4.78, 5) is 4.80. The van der Waals surface area contributed by atoms with Gasteiger partial charge in [-0.2, -0.15) is 0 Å². The van der Waals surface area contributed by atoms with Crippen LogP contribution in [0.4, 0.5) is 0 Å². The first-order valence-corrected chi connectivity index (χ1v) is 9.23. The van der Waals surface area contributed by atoms with Crippen molar-refractivity contribution in [3.63, 3.8) is 0 Å². The number of pyridine rings is 1. The van der Waals surface area contributed by atoms with Crippen molar-refractivity contribution in [2.24, 2.45) is 0 Å². The third-order valence-corrected chi connectivity index (χ3v) is 4.64. The van der Waals surface area contributed by atoms with Crippen LogP contribution >= 0.6 is 11.6 Å². The molecule has 0 unspecified atom stereocenters. The summed E-state index contributed by atoms with van der Waals surface area (Å²) in [5, 5.41) is 1.91. The van der Waals surface area contributed by atoms with Crippen LogP contribution in [-0.4, -0.2) is 4.98 Å². The zero-order chi connectivity index (χ0) is 18.5. The summed E-state index contributed by atoms with van der Waals surface area (Å²) in [7, 11) is 0. The molecule has 0 saturated carbocycles. The fourth-order valence-electron chi connectivity index (χ4n) is 3.06. The van der Waals surface area contributed by atoms with Crippen LogP contribution in [0.2, 0.25) is 5.02 Å². The minimum atomic E-state index is 0. The molecule has 138 valence electrons. The zero-order valence-electron chi connectivity index (χ0n) is 15.1. The summed E-state index contributed by atoms with van der Waals surface area (Å²) in [5.41, 5.74) is 5.47. The second-order valence-electron chi connectivity index (χ2n) is 6.21. The van der Waals surface area contributed by atoms with Crippen molar-refractivity contribution in [3.8, 4) is 11.3 Å². The number of aromatic nitrogens is 1. The number of hydrogen-bond donors (Lipinski definition) is 0. The maximum absolute atomic E-state index is 5.99. The number of allylic oxidation sites excluding steroid dienone is 8. The molecule has 2 aliphatic carbocycles. The van der Waals surface area contributed by atoms with Gasteiger partial charge in [0.1, 0.15) is 0 Å². The summed E-state index contributed by atoms with van der Waals surface area (Å²) in [5.74, 6) is 0. The Morgan fingerprint density at radius 1 is 0.750 bits per heavy atom. The molecule has 3 heteroatoms. The van der Waals surface area contributed by atoms with Crippen LogP contribution in [0.3, 0.4) is 0 Å². The van der Waals surface area contributed by atoms with Crippen LogP contribution in [0.1, 0.15) is 5.56 Å². The van der Waals surface area contributed by atoms with Gasteiger partial charge in [0.15, 0.2) is 0 Å². The standard InChI is InChI=1S/C20H13ClN.C5H5.Fe/c21-16-11-9-15(10-12-16)20-13-18(14-5-1-2-6-14)17-7-3-4-8-19(17)22-20;1-2-4-5-3-1;/h1-13H;1-5H;. The van der Waals surface area contributed by atoms with Crippen molar-refractivity contribution >= 4 is 28.1 Å². The van der Waals surface area contributed by atoms with E-state index >= 15 is 0 Å². The van der Waals surface area contributed by atoms with Gasteiger partial charge in [0, 0.05) is 45.9 Å². The van der Waals surface area contributed by atoms with Gasteiger partial charge < -0.3 is 0 Å². The number of halogens is 1. The van der Waals surface area contributed by atoms with E-state index in [0.29, 0.717) is 0 Å². The molecular formula is C25H18ClFeN. The van der Waals surface area contributed by atoms with Crippen LogP contribution in [0, 0.1) is 12.8 Å². The molecule has 1 heterocycles. The normalized spacial score (nSPS) is 13.8. The van der Waals surface area contributed by atoms with Gasteiger partial charge in [-0.25, -0.2) is 4.98 Å². The summed E-state index contributed by atoms with van der Waals surface area (Å²) >= 11 is 5.99. The van der Waals surface area contributed by atoms with Crippen molar-refractivity contribution < 1.29 is 17.1 Å². The van der Waals surface area contributed by atoms with E-state index in [2.05, 4.69) is 48.9 Å². The Morgan fingerprint density at radius 3 is 2.14 bits per heavy atom. The largest absolute Gasteiger partial charge is 0.248 e. The van der Waals surface area contributed by atoms with Crippen LogP contribution < -0.4 is 0 Å². The number of benzene rings is 2. The van der Waals surface area contributed by atoms with Gasteiger partial charge >= 0.3 is 0 Å². The first kappa shape index (κ1) is 20.4. The fraction of sp³-hybridized carbons (Fsp3) is 0. The zero-order valence-corrected chi connectivity index (χ0v) is 16.9. The minimum Gasteiger partial charge on any atom is -0.248 e. The smallest absolute Gasteiger partial charge is 0.0715 e. The van der Waals surface area contributed by atoms with Crippen LogP contribution in [0.15, 0.2) is 97.1 Å². The first-order valence-electron chi connectivity index (χ1n) is 8.86. The van der Waals surface area contributed by atoms with E-state index in [1.54, 1.807) is 0 Å². The van der Waals surface area contributed by atoms with Crippen molar-refractivity contribution in [1.82, 2.24) is 4.98 Å². The fourth-order valence-corrected chi connectivity index (χ4v) is 3.18. The number of hydrogen-bond acceptors (Lipinski definition) is 1. The molecule has 0 spiro atoms. The summed E-state index contributed by atoms with van der Waals surface area (Å²) < 4.78 is 0. The van der Waals surface area contributed by atoms with E-state index in [1.165, 1.54) is 16.5 Å². The average Bonchev–Trinajstić information content (AvgIpc) is 3.44. The van der Waals surface area contributed by atoms with E-state index in [-0.39, 0.29) is 17.1 Å². The Kier molecular flexibility index (Phi) is 7.06.